The van der Waals surface area contributed by atoms with Crippen LogP contribution in [0.1, 0.15) is 45.4 Å². The Kier molecular flexibility index (Phi) is 8.90. The summed E-state index contributed by atoms with van der Waals surface area (Å²) in [6, 6.07) is 0. The van der Waals surface area contributed by atoms with Crippen molar-refractivity contribution in [3.05, 3.63) is 12.0 Å². The summed E-state index contributed by atoms with van der Waals surface area (Å²) < 4.78 is 10.9. The minimum Gasteiger partial charge on any atom is -0.255 e. The zero-order valence-corrected chi connectivity index (χ0v) is 8.87. The molecule has 0 radical (unpaired) electrons. The van der Waals surface area contributed by atoms with Crippen molar-refractivity contribution < 1.29 is 4.21 Å². The van der Waals surface area contributed by atoms with Crippen molar-refractivity contribution in [2.75, 3.05) is 5.75 Å². The van der Waals surface area contributed by atoms with Gasteiger partial charge in [-0.1, -0.05) is 45.6 Å². The molecule has 1 nitrogen and oxygen atoms in total. The van der Waals surface area contributed by atoms with Gasteiger partial charge in [0.1, 0.15) is 0 Å². The summed E-state index contributed by atoms with van der Waals surface area (Å²) in [5, 5.41) is 1.53. The second-order valence-corrected chi connectivity index (χ2v) is 4.52. The van der Waals surface area contributed by atoms with Gasteiger partial charge in [0.2, 0.25) is 0 Å². The maximum Gasteiger partial charge on any atom is 0.0449 e. The van der Waals surface area contributed by atoms with E-state index in [1.54, 1.807) is 0 Å². The van der Waals surface area contributed by atoms with Crippen LogP contribution in [0.3, 0.4) is 0 Å². The molecular formula is C10H20OS. The quantitative estimate of drug-likeness (QED) is 0.534. The first-order valence-corrected chi connectivity index (χ1v) is 6.19. The van der Waals surface area contributed by atoms with Crippen LogP contribution >= 0.6 is 0 Å². The fourth-order valence-electron chi connectivity index (χ4n) is 1.11. The number of unbranched alkanes of at least 4 members (excludes halogenated alkanes) is 5. The molecule has 12 heavy (non-hydrogen) atoms. The molecule has 72 valence electrons. The summed E-state index contributed by atoms with van der Waals surface area (Å²) in [6.45, 7) is 5.70. The molecule has 1 atom stereocenters. The van der Waals surface area contributed by atoms with Gasteiger partial charge in [-0.15, -0.1) is 0 Å². The Labute approximate surface area is 78.7 Å². The van der Waals surface area contributed by atoms with Gasteiger partial charge < -0.3 is 0 Å². The lowest BCUT2D eigenvalue weighted by Crippen LogP contribution is -1.92. The highest BCUT2D eigenvalue weighted by Gasteiger charge is 1.93. The van der Waals surface area contributed by atoms with E-state index >= 15 is 0 Å². The molecule has 0 aliphatic carbocycles. The standard InChI is InChI=1S/C10H20OS/c1-3-5-6-7-8-9-10-12(11)4-2/h4H,2-3,5-10H2,1H3/t12-/m0/s1. The van der Waals surface area contributed by atoms with Gasteiger partial charge >= 0.3 is 0 Å². The Morgan fingerprint density at radius 3 is 2.33 bits per heavy atom. The zero-order valence-electron chi connectivity index (χ0n) is 8.05. The van der Waals surface area contributed by atoms with E-state index in [0.29, 0.717) is 0 Å². The minimum atomic E-state index is -0.770. The van der Waals surface area contributed by atoms with E-state index in [1.807, 2.05) is 0 Å². The van der Waals surface area contributed by atoms with E-state index in [4.69, 9.17) is 0 Å². The molecular weight excluding hydrogens is 168 g/mol. The van der Waals surface area contributed by atoms with Gasteiger partial charge in [-0.3, -0.25) is 4.21 Å². The van der Waals surface area contributed by atoms with Crippen LogP contribution < -0.4 is 0 Å². The summed E-state index contributed by atoms with van der Waals surface area (Å²) in [5.74, 6) is 0.801. The van der Waals surface area contributed by atoms with Gasteiger partial charge in [-0.05, 0) is 11.8 Å². The molecule has 0 aliphatic rings. The van der Waals surface area contributed by atoms with E-state index in [0.717, 1.165) is 12.2 Å². The Bertz CT molecular complexity index is 132. The van der Waals surface area contributed by atoms with Gasteiger partial charge in [0, 0.05) is 16.6 Å². The summed E-state index contributed by atoms with van der Waals surface area (Å²) in [7, 11) is -0.770. The highest BCUT2D eigenvalue weighted by molar-refractivity contribution is 7.87. The van der Waals surface area contributed by atoms with Crippen molar-refractivity contribution in [3.8, 4) is 0 Å². The maximum atomic E-state index is 10.9. The Hall–Kier alpha value is -0.110. The third-order valence-electron chi connectivity index (χ3n) is 1.88. The molecule has 0 saturated carbocycles. The second-order valence-electron chi connectivity index (χ2n) is 3.02. The van der Waals surface area contributed by atoms with E-state index in [1.165, 1.54) is 37.5 Å². The molecule has 0 spiro atoms. The molecule has 0 aromatic heterocycles. The molecule has 0 aliphatic heterocycles. The maximum absolute atomic E-state index is 10.9. The molecule has 0 saturated heterocycles. The molecule has 2 heteroatoms. The average molecular weight is 188 g/mol. The largest absolute Gasteiger partial charge is 0.255 e. The van der Waals surface area contributed by atoms with E-state index in [-0.39, 0.29) is 0 Å². The van der Waals surface area contributed by atoms with Crippen LogP contribution in [0.15, 0.2) is 12.0 Å². The van der Waals surface area contributed by atoms with E-state index in [2.05, 4.69) is 13.5 Å². The van der Waals surface area contributed by atoms with Gasteiger partial charge in [0.05, 0.1) is 0 Å². The van der Waals surface area contributed by atoms with Crippen LogP contribution in [-0.2, 0) is 10.8 Å². The van der Waals surface area contributed by atoms with Crippen LogP contribution in [-0.4, -0.2) is 9.96 Å². The molecule has 0 heterocycles. The van der Waals surface area contributed by atoms with E-state index in [9.17, 15) is 4.21 Å². The topological polar surface area (TPSA) is 17.1 Å². The molecule has 0 aromatic rings. The van der Waals surface area contributed by atoms with Crippen molar-refractivity contribution in [2.24, 2.45) is 0 Å². The predicted molar refractivity (Wildman–Crippen MR) is 56.6 cm³/mol. The van der Waals surface area contributed by atoms with Crippen molar-refractivity contribution in [3.63, 3.8) is 0 Å². The zero-order chi connectivity index (χ0) is 9.23. The summed E-state index contributed by atoms with van der Waals surface area (Å²) in [6.07, 6.45) is 7.56. The molecule has 0 amide bonds. The molecule has 0 aromatic carbocycles. The van der Waals surface area contributed by atoms with Crippen LogP contribution in [0.5, 0.6) is 0 Å². The smallest absolute Gasteiger partial charge is 0.0449 e. The van der Waals surface area contributed by atoms with E-state index < -0.39 is 10.8 Å². The highest BCUT2D eigenvalue weighted by atomic mass is 32.2. The lowest BCUT2D eigenvalue weighted by molar-refractivity contribution is 0.623. The lowest BCUT2D eigenvalue weighted by atomic mass is 10.1. The molecule has 0 fully saturated rings. The number of hydrogen-bond donors (Lipinski definition) is 0. The fourth-order valence-corrected chi connectivity index (χ4v) is 1.76. The molecule has 0 N–H and O–H groups in total. The van der Waals surface area contributed by atoms with Gasteiger partial charge in [0.25, 0.3) is 0 Å². The minimum absolute atomic E-state index is 0.770. The summed E-state index contributed by atoms with van der Waals surface area (Å²) in [5.41, 5.74) is 0. The molecule has 0 bridgehead atoms. The lowest BCUT2D eigenvalue weighted by Gasteiger charge is -1.98. The van der Waals surface area contributed by atoms with Crippen LogP contribution in [0.2, 0.25) is 0 Å². The third-order valence-corrected chi connectivity index (χ3v) is 2.95. The first kappa shape index (κ1) is 11.9. The van der Waals surface area contributed by atoms with Crippen LogP contribution in [0.25, 0.3) is 0 Å². The average Bonchev–Trinajstić information content (AvgIpc) is 2.10. The normalized spacial score (nSPS) is 12.8. The van der Waals surface area contributed by atoms with Gasteiger partial charge in [0.15, 0.2) is 0 Å². The first-order chi connectivity index (χ1) is 5.81. The number of rotatable bonds is 8. The van der Waals surface area contributed by atoms with Crippen LogP contribution in [0, 0.1) is 0 Å². The Morgan fingerprint density at radius 2 is 1.75 bits per heavy atom. The Morgan fingerprint density at radius 1 is 1.17 bits per heavy atom. The van der Waals surface area contributed by atoms with Gasteiger partial charge in [-0.2, -0.15) is 0 Å². The van der Waals surface area contributed by atoms with Crippen molar-refractivity contribution in [1.82, 2.24) is 0 Å². The van der Waals surface area contributed by atoms with Crippen LogP contribution in [0.4, 0.5) is 0 Å². The van der Waals surface area contributed by atoms with Crippen molar-refractivity contribution >= 4 is 10.8 Å². The summed E-state index contributed by atoms with van der Waals surface area (Å²) >= 11 is 0. The summed E-state index contributed by atoms with van der Waals surface area (Å²) in [4.78, 5) is 0. The first-order valence-electron chi connectivity index (χ1n) is 4.81. The highest BCUT2D eigenvalue weighted by Crippen LogP contribution is 2.05. The van der Waals surface area contributed by atoms with Gasteiger partial charge in [-0.25, -0.2) is 0 Å². The second kappa shape index (κ2) is 8.98. The fraction of sp³-hybridized carbons (Fsp3) is 0.800. The SMILES string of the molecule is C=C[S@](=O)CCCCCCCC. The predicted octanol–water partition coefficient (Wildman–Crippen LogP) is 3.24. The Balaban J connectivity index is 3.00. The third kappa shape index (κ3) is 7.99. The molecule has 0 rings (SSSR count). The monoisotopic (exact) mass is 188 g/mol. The molecule has 0 unspecified atom stereocenters. The van der Waals surface area contributed by atoms with Crippen molar-refractivity contribution in [2.45, 2.75) is 45.4 Å². The van der Waals surface area contributed by atoms with Crippen molar-refractivity contribution in [1.29, 1.82) is 0 Å². The number of hydrogen-bond acceptors (Lipinski definition) is 1.